The smallest absolute Gasteiger partial charge is 0.258 e. The van der Waals surface area contributed by atoms with Crippen LogP contribution in [0.4, 0.5) is 0 Å². The second-order valence-electron chi connectivity index (χ2n) is 3.85. The highest BCUT2D eigenvalue weighted by Gasteiger charge is 2.14. The Bertz CT molecular complexity index is 674. The highest BCUT2D eigenvalue weighted by Crippen LogP contribution is 2.30. The molecule has 0 bridgehead atoms. The zero-order valence-electron chi connectivity index (χ0n) is 9.62. The molecule has 18 heavy (non-hydrogen) atoms. The number of phenols is 1. The van der Waals surface area contributed by atoms with Crippen LogP contribution in [0.25, 0.3) is 22.2 Å². The lowest BCUT2D eigenvalue weighted by Crippen LogP contribution is -1.84. The Morgan fingerprint density at radius 1 is 1.22 bits per heavy atom. The highest BCUT2D eigenvalue weighted by molar-refractivity contribution is 7.13. The Balaban J connectivity index is 2.06. The summed E-state index contributed by atoms with van der Waals surface area (Å²) in [5, 5.41) is 15.6. The SMILES string of the molecule is Cc1c(O)cccc1-c1nc(-c2cccs2)no1. The average Bonchev–Trinajstić information content (AvgIpc) is 3.01. The van der Waals surface area contributed by atoms with E-state index in [0.29, 0.717) is 11.7 Å². The summed E-state index contributed by atoms with van der Waals surface area (Å²) in [5.41, 5.74) is 1.49. The van der Waals surface area contributed by atoms with Gasteiger partial charge in [-0.3, -0.25) is 0 Å². The van der Waals surface area contributed by atoms with Crippen LogP contribution >= 0.6 is 11.3 Å². The summed E-state index contributed by atoms with van der Waals surface area (Å²) >= 11 is 1.56. The van der Waals surface area contributed by atoms with Crippen molar-refractivity contribution in [1.82, 2.24) is 10.1 Å². The van der Waals surface area contributed by atoms with Gasteiger partial charge in [0.1, 0.15) is 5.75 Å². The van der Waals surface area contributed by atoms with E-state index < -0.39 is 0 Å². The molecule has 0 fully saturated rings. The molecule has 0 spiro atoms. The fourth-order valence-corrected chi connectivity index (χ4v) is 2.34. The first-order chi connectivity index (χ1) is 8.75. The number of aromatic nitrogens is 2. The molecular formula is C13H10N2O2S. The highest BCUT2D eigenvalue weighted by atomic mass is 32.1. The van der Waals surface area contributed by atoms with E-state index >= 15 is 0 Å². The molecule has 3 rings (SSSR count). The average molecular weight is 258 g/mol. The van der Waals surface area contributed by atoms with Gasteiger partial charge in [-0.25, -0.2) is 0 Å². The van der Waals surface area contributed by atoms with Gasteiger partial charge in [-0.05, 0) is 30.5 Å². The summed E-state index contributed by atoms with van der Waals surface area (Å²) in [6.07, 6.45) is 0. The van der Waals surface area contributed by atoms with Gasteiger partial charge >= 0.3 is 0 Å². The minimum absolute atomic E-state index is 0.225. The van der Waals surface area contributed by atoms with Crippen molar-refractivity contribution in [2.24, 2.45) is 0 Å². The monoisotopic (exact) mass is 258 g/mol. The van der Waals surface area contributed by atoms with E-state index in [1.165, 1.54) is 0 Å². The number of aromatic hydroxyl groups is 1. The fourth-order valence-electron chi connectivity index (χ4n) is 1.69. The summed E-state index contributed by atoms with van der Waals surface area (Å²) in [7, 11) is 0. The molecule has 2 heterocycles. The number of hydrogen-bond donors (Lipinski definition) is 1. The van der Waals surface area contributed by atoms with Crippen molar-refractivity contribution in [1.29, 1.82) is 0 Å². The molecule has 0 aliphatic rings. The third-order valence-corrected chi connectivity index (χ3v) is 3.57. The standard InChI is InChI=1S/C13H10N2O2S/c1-8-9(4-2-5-10(8)16)13-14-12(15-17-13)11-6-3-7-18-11/h2-7,16H,1H3. The number of rotatable bonds is 2. The van der Waals surface area contributed by atoms with Gasteiger partial charge in [0.05, 0.1) is 4.88 Å². The molecule has 5 heteroatoms. The summed E-state index contributed by atoms with van der Waals surface area (Å²) in [6, 6.07) is 9.12. The number of nitrogens with zero attached hydrogens (tertiary/aromatic N) is 2. The summed E-state index contributed by atoms with van der Waals surface area (Å²) in [5.74, 6) is 1.22. The molecule has 2 aromatic heterocycles. The molecule has 1 N–H and O–H groups in total. The van der Waals surface area contributed by atoms with Crippen LogP contribution in [0.15, 0.2) is 40.2 Å². The van der Waals surface area contributed by atoms with Gasteiger partial charge in [0.25, 0.3) is 5.89 Å². The van der Waals surface area contributed by atoms with Crippen LogP contribution in [0, 0.1) is 6.92 Å². The molecule has 3 aromatic rings. The molecule has 0 unspecified atom stereocenters. The number of thiophene rings is 1. The van der Waals surface area contributed by atoms with Crippen molar-refractivity contribution >= 4 is 11.3 Å². The Morgan fingerprint density at radius 2 is 2.11 bits per heavy atom. The van der Waals surface area contributed by atoms with Crippen LogP contribution in [0.3, 0.4) is 0 Å². The van der Waals surface area contributed by atoms with Crippen LogP contribution < -0.4 is 0 Å². The van der Waals surface area contributed by atoms with Crippen LogP contribution in [-0.2, 0) is 0 Å². The second-order valence-corrected chi connectivity index (χ2v) is 4.80. The third kappa shape index (κ3) is 1.78. The van der Waals surface area contributed by atoms with Gasteiger partial charge in [0.15, 0.2) is 0 Å². The van der Waals surface area contributed by atoms with Crippen LogP contribution in [0.1, 0.15) is 5.56 Å². The Morgan fingerprint density at radius 3 is 2.89 bits per heavy atom. The van der Waals surface area contributed by atoms with Crippen LogP contribution in [0.2, 0.25) is 0 Å². The number of hydrogen-bond acceptors (Lipinski definition) is 5. The Hall–Kier alpha value is -2.14. The molecule has 1 aromatic carbocycles. The molecule has 0 radical (unpaired) electrons. The van der Waals surface area contributed by atoms with E-state index in [0.717, 1.165) is 16.0 Å². The van der Waals surface area contributed by atoms with E-state index in [2.05, 4.69) is 10.1 Å². The third-order valence-electron chi connectivity index (χ3n) is 2.70. The van der Waals surface area contributed by atoms with Crippen LogP contribution in [0.5, 0.6) is 5.75 Å². The maximum atomic E-state index is 9.66. The van der Waals surface area contributed by atoms with Gasteiger partial charge in [0.2, 0.25) is 5.82 Å². The van der Waals surface area contributed by atoms with E-state index in [1.807, 2.05) is 30.5 Å². The van der Waals surface area contributed by atoms with Crippen molar-refractivity contribution in [2.75, 3.05) is 0 Å². The van der Waals surface area contributed by atoms with Gasteiger partial charge in [0, 0.05) is 11.1 Å². The van der Waals surface area contributed by atoms with Crippen molar-refractivity contribution in [3.05, 3.63) is 41.3 Å². The molecular weight excluding hydrogens is 248 g/mol. The first-order valence-electron chi connectivity index (χ1n) is 5.42. The van der Waals surface area contributed by atoms with E-state index in [9.17, 15) is 5.11 Å². The van der Waals surface area contributed by atoms with Crippen molar-refractivity contribution in [3.8, 4) is 27.9 Å². The number of benzene rings is 1. The first-order valence-corrected chi connectivity index (χ1v) is 6.30. The summed E-state index contributed by atoms with van der Waals surface area (Å²) < 4.78 is 5.24. The van der Waals surface area contributed by atoms with Gasteiger partial charge < -0.3 is 9.63 Å². The molecule has 0 saturated heterocycles. The van der Waals surface area contributed by atoms with Gasteiger partial charge in [-0.1, -0.05) is 17.3 Å². The fraction of sp³-hybridized carbons (Fsp3) is 0.0769. The second kappa shape index (κ2) is 4.27. The van der Waals surface area contributed by atoms with Crippen molar-refractivity contribution < 1.29 is 9.63 Å². The maximum Gasteiger partial charge on any atom is 0.258 e. The molecule has 0 atom stereocenters. The molecule has 0 amide bonds. The normalized spacial score (nSPS) is 10.7. The lowest BCUT2D eigenvalue weighted by atomic mass is 10.1. The zero-order valence-corrected chi connectivity index (χ0v) is 10.4. The zero-order chi connectivity index (χ0) is 12.5. The molecule has 90 valence electrons. The van der Waals surface area contributed by atoms with E-state index in [4.69, 9.17) is 4.52 Å². The molecule has 0 aliphatic carbocycles. The predicted octanol–water partition coefficient (Wildman–Crippen LogP) is 3.48. The number of phenolic OH excluding ortho intramolecular Hbond substituents is 1. The van der Waals surface area contributed by atoms with Gasteiger partial charge in [-0.15, -0.1) is 11.3 Å². The van der Waals surface area contributed by atoms with E-state index in [1.54, 1.807) is 23.5 Å². The van der Waals surface area contributed by atoms with E-state index in [-0.39, 0.29) is 5.75 Å². The summed E-state index contributed by atoms with van der Waals surface area (Å²) in [6.45, 7) is 1.82. The molecule has 0 aliphatic heterocycles. The molecule has 4 nitrogen and oxygen atoms in total. The Labute approximate surface area is 108 Å². The van der Waals surface area contributed by atoms with Gasteiger partial charge in [-0.2, -0.15) is 4.98 Å². The molecule has 0 saturated carbocycles. The lowest BCUT2D eigenvalue weighted by molar-refractivity contribution is 0.431. The van der Waals surface area contributed by atoms with Crippen LogP contribution in [-0.4, -0.2) is 15.2 Å². The first kappa shape index (κ1) is 11.0. The Kier molecular flexibility index (Phi) is 2.60. The largest absolute Gasteiger partial charge is 0.508 e. The minimum atomic E-state index is 0.225. The van der Waals surface area contributed by atoms with Crippen molar-refractivity contribution in [2.45, 2.75) is 6.92 Å². The quantitative estimate of drug-likeness (QED) is 0.764. The lowest BCUT2D eigenvalue weighted by Gasteiger charge is -2.01. The topological polar surface area (TPSA) is 59.2 Å². The summed E-state index contributed by atoms with van der Waals surface area (Å²) in [4.78, 5) is 5.31. The minimum Gasteiger partial charge on any atom is -0.508 e. The van der Waals surface area contributed by atoms with Crippen molar-refractivity contribution in [3.63, 3.8) is 0 Å². The predicted molar refractivity (Wildman–Crippen MR) is 69.4 cm³/mol. The maximum absolute atomic E-state index is 9.66.